The molecule has 0 spiro atoms. The molecule has 93 heavy (non-hydrogen) atoms. The van der Waals surface area contributed by atoms with Gasteiger partial charge in [0.25, 0.3) is 0 Å². The Morgan fingerprint density at radius 2 is 0.613 bits per heavy atom. The summed E-state index contributed by atoms with van der Waals surface area (Å²) in [5, 5.41) is 11.9. The van der Waals surface area contributed by atoms with Crippen molar-refractivity contribution in [2.24, 2.45) is 0 Å². The van der Waals surface area contributed by atoms with Crippen LogP contribution < -0.4 is 5.11 Å². The molecule has 536 valence electrons. The fourth-order valence-corrected chi connectivity index (χ4v) is 11.1. The number of carboxylic acid groups (broad SMARTS) is 1. The molecule has 0 radical (unpaired) electrons. The van der Waals surface area contributed by atoms with Gasteiger partial charge in [-0.15, -0.1) is 0 Å². The van der Waals surface area contributed by atoms with Crippen LogP contribution in [0.1, 0.15) is 348 Å². The predicted octanol–water partition coefficient (Wildman–Crippen LogP) is 23.6. The van der Waals surface area contributed by atoms with Crippen LogP contribution in [0.5, 0.6) is 0 Å². The summed E-state index contributed by atoms with van der Waals surface area (Å²) in [5.41, 5.74) is 0. The minimum absolute atomic E-state index is 0.145. The molecule has 0 N–H and O–H groups in total. The first kappa shape index (κ1) is 89.0. The molecule has 0 bridgehead atoms. The van der Waals surface area contributed by atoms with Crippen LogP contribution in [0.15, 0.2) is 109 Å². The van der Waals surface area contributed by atoms with Crippen LogP contribution in [-0.4, -0.2) is 82.3 Å². The van der Waals surface area contributed by atoms with Crippen molar-refractivity contribution in [3.8, 4) is 0 Å². The summed E-state index contributed by atoms with van der Waals surface area (Å²) in [5.74, 6) is -2.27. The van der Waals surface area contributed by atoms with Crippen LogP contribution in [0, 0.1) is 0 Å². The largest absolute Gasteiger partial charge is 0.545 e. The van der Waals surface area contributed by atoms with Crippen LogP contribution >= 0.6 is 0 Å². The molecule has 0 aliphatic heterocycles. The van der Waals surface area contributed by atoms with Gasteiger partial charge in [0.05, 0.1) is 40.3 Å². The summed E-state index contributed by atoms with van der Waals surface area (Å²) in [4.78, 5) is 37.6. The van der Waals surface area contributed by atoms with E-state index in [1.54, 1.807) is 0 Å². The fraction of sp³-hybridized carbons (Fsp3) is 0.750. The number of hydrogen-bond acceptors (Lipinski definition) is 8. The van der Waals surface area contributed by atoms with E-state index in [2.05, 4.69) is 123 Å². The van der Waals surface area contributed by atoms with E-state index < -0.39 is 24.3 Å². The lowest BCUT2D eigenvalue weighted by Crippen LogP contribution is -2.44. The second-order valence-electron chi connectivity index (χ2n) is 27.3. The third-order valence-corrected chi connectivity index (χ3v) is 17.0. The van der Waals surface area contributed by atoms with E-state index in [0.29, 0.717) is 23.9 Å². The summed E-state index contributed by atoms with van der Waals surface area (Å²) >= 11 is 0. The molecule has 0 aromatic heterocycles. The first-order valence-corrected chi connectivity index (χ1v) is 39.0. The quantitative estimate of drug-likeness (QED) is 0.0195. The third-order valence-electron chi connectivity index (χ3n) is 17.0. The molecule has 2 atom stereocenters. The van der Waals surface area contributed by atoms with Gasteiger partial charge in [-0.05, 0) is 103 Å². The van der Waals surface area contributed by atoms with Crippen LogP contribution in [-0.2, 0) is 33.3 Å². The molecule has 0 aliphatic rings. The fourth-order valence-electron chi connectivity index (χ4n) is 11.1. The Kier molecular flexibility index (Phi) is 70.5. The Bertz CT molecular complexity index is 1900. The molecule has 0 saturated carbocycles. The zero-order chi connectivity index (χ0) is 67.5. The normalized spacial score (nSPS) is 13.3. The standard InChI is InChI=1S/C84H147NO8/c1-6-8-10-12-14-16-18-20-22-24-26-28-30-32-34-36-38-39-40-41-42-43-45-46-48-50-52-54-56-58-60-62-64-66-68-70-72-74-81(86)91-78-80(79-92-84(83(88)89)90-77-76-85(3,4)5)93-82(87)75-73-71-69-67-65-63-61-59-57-55-53-51-49-47-44-37-35-33-31-29-27-25-23-21-19-17-15-13-11-9-7-2/h9,11,15,17-18,20-21,23-24,26-27,29-30,32-33,35,44,47,80,84H,6-8,10,12-14,16,19,22,25,28,31,34,36-43,45-46,48-79H2,1-5H3/b11-9-,17-15-,20-18-,23-21-,26-24-,29-27-,32-30-,35-33-,47-44-. The highest BCUT2D eigenvalue weighted by atomic mass is 16.7. The van der Waals surface area contributed by atoms with Gasteiger partial charge in [0.2, 0.25) is 0 Å². The monoisotopic (exact) mass is 1300 g/mol. The SMILES string of the molecule is CC/C=C\C/C=C\C/C=C\C/C=C\C/C=C\C/C=C\CCCCCCCCCCCCCCC(=O)OC(COC(=O)CCCCCCCCCCCCCCCCCCCCCCCC/C=C\C/C=C\C/C=C\CCCCCCC)COC(OCC[N+](C)(C)C)C(=O)[O-]. The zero-order valence-electron chi connectivity index (χ0n) is 61.4. The van der Waals surface area contributed by atoms with Crippen molar-refractivity contribution in [1.29, 1.82) is 0 Å². The molecule has 0 rings (SSSR count). The highest BCUT2D eigenvalue weighted by molar-refractivity contribution is 5.70. The van der Waals surface area contributed by atoms with Gasteiger partial charge >= 0.3 is 11.9 Å². The number of carboxylic acids is 1. The van der Waals surface area contributed by atoms with Crippen molar-refractivity contribution in [1.82, 2.24) is 0 Å². The van der Waals surface area contributed by atoms with Crippen LogP contribution in [0.25, 0.3) is 0 Å². The molecule has 0 aliphatic carbocycles. The number of esters is 2. The van der Waals surface area contributed by atoms with Crippen molar-refractivity contribution in [3.05, 3.63) is 109 Å². The van der Waals surface area contributed by atoms with Crippen molar-refractivity contribution >= 4 is 17.9 Å². The van der Waals surface area contributed by atoms with Gasteiger partial charge in [0, 0.05) is 12.8 Å². The second kappa shape index (κ2) is 73.8. The van der Waals surface area contributed by atoms with E-state index in [4.69, 9.17) is 18.9 Å². The van der Waals surface area contributed by atoms with E-state index in [0.717, 1.165) is 89.9 Å². The highest BCUT2D eigenvalue weighted by Crippen LogP contribution is 2.18. The number of nitrogens with zero attached hydrogens (tertiary/aromatic N) is 1. The second-order valence-corrected chi connectivity index (χ2v) is 27.3. The summed E-state index contributed by atoms with van der Waals surface area (Å²) in [6.07, 6.45) is 101. The van der Waals surface area contributed by atoms with Crippen LogP contribution in [0.2, 0.25) is 0 Å². The smallest absolute Gasteiger partial charge is 0.306 e. The van der Waals surface area contributed by atoms with E-state index >= 15 is 0 Å². The van der Waals surface area contributed by atoms with Crippen molar-refractivity contribution < 1.29 is 42.9 Å². The Hall–Kier alpha value is -4.05. The average Bonchev–Trinajstić information content (AvgIpc) is 3.38. The molecule has 0 amide bonds. The van der Waals surface area contributed by atoms with Gasteiger partial charge in [0.15, 0.2) is 12.4 Å². The van der Waals surface area contributed by atoms with Crippen molar-refractivity contribution in [2.75, 3.05) is 47.5 Å². The first-order valence-electron chi connectivity index (χ1n) is 39.0. The van der Waals surface area contributed by atoms with Gasteiger partial charge in [0.1, 0.15) is 13.2 Å². The van der Waals surface area contributed by atoms with E-state index in [1.165, 1.54) is 225 Å². The lowest BCUT2D eigenvalue weighted by Gasteiger charge is -2.26. The van der Waals surface area contributed by atoms with Crippen LogP contribution in [0.4, 0.5) is 0 Å². The number of ether oxygens (including phenoxy) is 4. The Morgan fingerprint density at radius 3 is 0.914 bits per heavy atom. The van der Waals surface area contributed by atoms with Gasteiger partial charge < -0.3 is 33.3 Å². The number of aliphatic carboxylic acids is 1. The number of rotatable bonds is 72. The number of quaternary nitrogens is 1. The summed E-state index contributed by atoms with van der Waals surface area (Å²) in [6, 6.07) is 0. The maximum Gasteiger partial charge on any atom is 0.306 e. The third kappa shape index (κ3) is 75.2. The molecule has 0 fully saturated rings. The number of unbranched alkanes of at least 4 members (excludes halogenated alkanes) is 39. The molecule has 0 aromatic rings. The molecular weight excluding hydrogens is 1150 g/mol. The maximum absolute atomic E-state index is 13.0. The van der Waals surface area contributed by atoms with E-state index in [9.17, 15) is 19.5 Å². The van der Waals surface area contributed by atoms with Gasteiger partial charge in [-0.3, -0.25) is 9.59 Å². The Labute approximate surface area is 575 Å². The van der Waals surface area contributed by atoms with Gasteiger partial charge in [-0.2, -0.15) is 0 Å². The van der Waals surface area contributed by atoms with Crippen LogP contribution in [0.3, 0.4) is 0 Å². The molecular formula is C84H147NO8. The number of carbonyl (C=O) groups is 3. The lowest BCUT2D eigenvalue weighted by atomic mass is 10.0. The molecule has 0 saturated heterocycles. The predicted molar refractivity (Wildman–Crippen MR) is 398 cm³/mol. The number of likely N-dealkylation sites (N-methyl/N-ethyl adjacent to an activating group) is 1. The first-order chi connectivity index (χ1) is 45.6. The van der Waals surface area contributed by atoms with E-state index in [-0.39, 0.29) is 32.2 Å². The van der Waals surface area contributed by atoms with Crippen molar-refractivity contribution in [3.63, 3.8) is 0 Å². The number of allylic oxidation sites excluding steroid dienone is 18. The van der Waals surface area contributed by atoms with E-state index in [1.807, 2.05) is 21.1 Å². The average molecular weight is 1300 g/mol. The minimum Gasteiger partial charge on any atom is -0.545 e. The number of carbonyl (C=O) groups excluding carboxylic acids is 3. The summed E-state index contributed by atoms with van der Waals surface area (Å²) in [7, 11) is 5.94. The number of hydrogen-bond donors (Lipinski definition) is 0. The summed E-state index contributed by atoms with van der Waals surface area (Å²) < 4.78 is 22.9. The molecule has 2 unspecified atom stereocenters. The maximum atomic E-state index is 13.0. The topological polar surface area (TPSA) is 111 Å². The van der Waals surface area contributed by atoms with Gasteiger partial charge in [-0.1, -0.05) is 342 Å². The van der Waals surface area contributed by atoms with Crippen molar-refractivity contribution in [2.45, 2.75) is 360 Å². The summed E-state index contributed by atoms with van der Waals surface area (Å²) in [6.45, 7) is 4.66. The zero-order valence-corrected chi connectivity index (χ0v) is 61.4. The minimum atomic E-state index is -1.63. The Morgan fingerprint density at radius 1 is 0.333 bits per heavy atom. The molecule has 0 heterocycles. The van der Waals surface area contributed by atoms with Gasteiger partial charge in [-0.25, -0.2) is 0 Å². The lowest BCUT2D eigenvalue weighted by molar-refractivity contribution is -0.870. The molecule has 9 nitrogen and oxygen atoms in total. The Balaban J connectivity index is 4.03. The molecule has 9 heteroatoms. The highest BCUT2D eigenvalue weighted by Gasteiger charge is 2.22. The molecule has 0 aromatic carbocycles.